The summed E-state index contributed by atoms with van der Waals surface area (Å²) in [6.07, 6.45) is 1.29. The molecule has 0 unspecified atom stereocenters. The molecule has 0 N–H and O–H groups in total. The summed E-state index contributed by atoms with van der Waals surface area (Å²) in [7, 11) is 1.53. The van der Waals surface area contributed by atoms with Gasteiger partial charge in [-0.15, -0.1) is 0 Å². The SMILES string of the molecule is COc1ccc(C(=O)[C]=O)cc1. The molecule has 61 valence electrons. The van der Waals surface area contributed by atoms with Gasteiger partial charge in [-0.05, 0) is 24.3 Å². The first-order valence-corrected chi connectivity index (χ1v) is 3.34. The van der Waals surface area contributed by atoms with Crippen LogP contribution in [-0.2, 0) is 4.79 Å². The van der Waals surface area contributed by atoms with Crippen molar-refractivity contribution in [3.63, 3.8) is 0 Å². The number of rotatable bonds is 3. The third kappa shape index (κ3) is 1.69. The lowest BCUT2D eigenvalue weighted by atomic mass is 10.1. The molecule has 0 aliphatic heterocycles. The number of carbonyl (C=O) groups excluding carboxylic acids is 2. The van der Waals surface area contributed by atoms with E-state index < -0.39 is 5.78 Å². The molecule has 1 rings (SSSR count). The van der Waals surface area contributed by atoms with Crippen LogP contribution in [0.25, 0.3) is 0 Å². The molecule has 0 heterocycles. The lowest BCUT2D eigenvalue weighted by Gasteiger charge is -1.98. The van der Waals surface area contributed by atoms with Gasteiger partial charge in [-0.2, -0.15) is 0 Å². The molecule has 0 aromatic heterocycles. The van der Waals surface area contributed by atoms with E-state index in [-0.39, 0.29) is 0 Å². The van der Waals surface area contributed by atoms with Gasteiger partial charge < -0.3 is 4.74 Å². The largest absolute Gasteiger partial charge is 0.497 e. The monoisotopic (exact) mass is 163 g/mol. The third-order valence-corrected chi connectivity index (χ3v) is 1.44. The van der Waals surface area contributed by atoms with Gasteiger partial charge in [0.15, 0.2) is 0 Å². The van der Waals surface area contributed by atoms with E-state index in [1.807, 2.05) is 0 Å². The second-order valence-corrected chi connectivity index (χ2v) is 2.16. The van der Waals surface area contributed by atoms with Gasteiger partial charge in [0.1, 0.15) is 5.75 Å². The Morgan fingerprint density at radius 1 is 1.33 bits per heavy atom. The summed E-state index contributed by atoms with van der Waals surface area (Å²) < 4.78 is 4.87. The average Bonchev–Trinajstić information content (AvgIpc) is 2.17. The highest BCUT2D eigenvalue weighted by molar-refractivity contribution is 6.33. The Kier molecular flexibility index (Phi) is 2.58. The van der Waals surface area contributed by atoms with Gasteiger partial charge in [-0.3, -0.25) is 9.59 Å². The molecule has 0 spiro atoms. The summed E-state index contributed by atoms with van der Waals surface area (Å²) in [5.74, 6) is 0.00935. The van der Waals surface area contributed by atoms with E-state index in [0.29, 0.717) is 11.3 Å². The number of carbonyl (C=O) groups is 1. The highest BCUT2D eigenvalue weighted by atomic mass is 16.5. The number of benzene rings is 1. The highest BCUT2D eigenvalue weighted by Crippen LogP contribution is 2.10. The van der Waals surface area contributed by atoms with Gasteiger partial charge in [0, 0.05) is 5.56 Å². The van der Waals surface area contributed by atoms with Crippen molar-refractivity contribution in [2.24, 2.45) is 0 Å². The molecule has 1 aromatic rings. The van der Waals surface area contributed by atoms with Crippen LogP contribution in [0.1, 0.15) is 10.4 Å². The first kappa shape index (κ1) is 8.46. The molecule has 3 nitrogen and oxygen atoms in total. The van der Waals surface area contributed by atoms with Crippen molar-refractivity contribution < 1.29 is 14.3 Å². The van der Waals surface area contributed by atoms with E-state index in [1.165, 1.54) is 25.5 Å². The lowest BCUT2D eigenvalue weighted by molar-refractivity contribution is 0.106. The molecule has 3 heteroatoms. The quantitative estimate of drug-likeness (QED) is 0.493. The maximum Gasteiger partial charge on any atom is 0.277 e. The minimum atomic E-state index is -0.641. The molecule has 0 saturated carbocycles. The van der Waals surface area contributed by atoms with Crippen LogP contribution in [0, 0.1) is 0 Å². The number of ketones is 1. The van der Waals surface area contributed by atoms with Crippen LogP contribution >= 0.6 is 0 Å². The van der Waals surface area contributed by atoms with Crippen LogP contribution < -0.4 is 4.74 Å². The Bertz CT molecular complexity index is 287. The molecule has 0 fully saturated rings. The summed E-state index contributed by atoms with van der Waals surface area (Å²) in [5.41, 5.74) is 0.325. The number of ether oxygens (including phenoxy) is 1. The molecule has 0 saturated heterocycles. The zero-order chi connectivity index (χ0) is 8.97. The molecule has 0 bridgehead atoms. The predicted octanol–water partition coefficient (Wildman–Crippen LogP) is 0.988. The molecule has 0 aliphatic rings. The van der Waals surface area contributed by atoms with Crippen LogP contribution in [0.5, 0.6) is 5.75 Å². The second-order valence-electron chi connectivity index (χ2n) is 2.16. The summed E-state index contributed by atoms with van der Waals surface area (Å²) in [4.78, 5) is 20.7. The molecule has 0 amide bonds. The van der Waals surface area contributed by atoms with Crippen molar-refractivity contribution in [2.45, 2.75) is 0 Å². The van der Waals surface area contributed by atoms with E-state index in [2.05, 4.69) is 0 Å². The minimum Gasteiger partial charge on any atom is -0.497 e. The average molecular weight is 163 g/mol. The van der Waals surface area contributed by atoms with Gasteiger partial charge in [0.2, 0.25) is 5.78 Å². The van der Waals surface area contributed by atoms with Crippen molar-refractivity contribution in [3.05, 3.63) is 29.8 Å². The fraction of sp³-hybridized carbons (Fsp3) is 0.111. The molecule has 12 heavy (non-hydrogen) atoms. The van der Waals surface area contributed by atoms with E-state index >= 15 is 0 Å². The zero-order valence-corrected chi connectivity index (χ0v) is 6.53. The minimum absolute atomic E-state index is 0.325. The van der Waals surface area contributed by atoms with Crippen LogP contribution in [0.2, 0.25) is 0 Å². The van der Waals surface area contributed by atoms with Crippen LogP contribution in [0.15, 0.2) is 24.3 Å². The Morgan fingerprint density at radius 2 is 1.92 bits per heavy atom. The smallest absolute Gasteiger partial charge is 0.277 e. The van der Waals surface area contributed by atoms with Crippen molar-refractivity contribution >= 4 is 12.1 Å². The fourth-order valence-corrected chi connectivity index (χ4v) is 0.801. The fourth-order valence-electron chi connectivity index (χ4n) is 0.801. The molecule has 1 radical (unpaired) electrons. The number of hydrogen-bond donors (Lipinski definition) is 0. The second kappa shape index (κ2) is 3.67. The van der Waals surface area contributed by atoms with Gasteiger partial charge in [0.05, 0.1) is 7.11 Å². The third-order valence-electron chi connectivity index (χ3n) is 1.44. The number of methoxy groups -OCH3 is 1. The van der Waals surface area contributed by atoms with E-state index in [1.54, 1.807) is 12.1 Å². The topological polar surface area (TPSA) is 43.4 Å². The molecular formula is C9H7O3. The Morgan fingerprint density at radius 3 is 2.33 bits per heavy atom. The predicted molar refractivity (Wildman–Crippen MR) is 43.0 cm³/mol. The standard InChI is InChI=1S/C9H7O3/c1-12-8-4-2-7(3-5-8)9(11)6-10/h2-5H,1H3. The molecular weight excluding hydrogens is 156 g/mol. The van der Waals surface area contributed by atoms with Crippen molar-refractivity contribution in [3.8, 4) is 5.75 Å². The summed E-state index contributed by atoms with van der Waals surface area (Å²) in [5, 5.41) is 0. The summed E-state index contributed by atoms with van der Waals surface area (Å²) >= 11 is 0. The summed E-state index contributed by atoms with van der Waals surface area (Å²) in [6, 6.07) is 6.27. The maximum atomic E-state index is 10.7. The van der Waals surface area contributed by atoms with Crippen LogP contribution in [-0.4, -0.2) is 19.2 Å². The molecule has 0 atom stereocenters. The Balaban J connectivity index is 2.91. The molecule has 1 aromatic carbocycles. The first-order valence-electron chi connectivity index (χ1n) is 3.34. The van der Waals surface area contributed by atoms with Crippen molar-refractivity contribution in [2.75, 3.05) is 7.11 Å². The van der Waals surface area contributed by atoms with E-state index in [0.717, 1.165) is 0 Å². The summed E-state index contributed by atoms with van der Waals surface area (Å²) in [6.45, 7) is 0. The van der Waals surface area contributed by atoms with Gasteiger partial charge in [0.25, 0.3) is 6.29 Å². The number of hydrogen-bond acceptors (Lipinski definition) is 3. The van der Waals surface area contributed by atoms with Gasteiger partial charge >= 0.3 is 0 Å². The molecule has 0 aliphatic carbocycles. The number of Topliss-reactive ketones (excluding diaryl/α,β-unsaturated/α-hetero) is 1. The normalized spacial score (nSPS) is 9.08. The van der Waals surface area contributed by atoms with Crippen molar-refractivity contribution in [1.82, 2.24) is 0 Å². The van der Waals surface area contributed by atoms with Crippen molar-refractivity contribution in [1.29, 1.82) is 0 Å². The van der Waals surface area contributed by atoms with E-state index in [9.17, 15) is 9.59 Å². The van der Waals surface area contributed by atoms with Crippen LogP contribution in [0.3, 0.4) is 0 Å². The maximum absolute atomic E-state index is 10.7. The Labute approximate surface area is 70.0 Å². The Hall–Kier alpha value is -1.64. The lowest BCUT2D eigenvalue weighted by Crippen LogP contribution is -1.98. The first-order chi connectivity index (χ1) is 5.77. The zero-order valence-electron chi connectivity index (χ0n) is 6.53. The van der Waals surface area contributed by atoms with Gasteiger partial charge in [-0.1, -0.05) is 0 Å². The van der Waals surface area contributed by atoms with E-state index in [4.69, 9.17) is 4.74 Å². The van der Waals surface area contributed by atoms with Crippen LogP contribution in [0.4, 0.5) is 0 Å². The van der Waals surface area contributed by atoms with Gasteiger partial charge in [-0.25, -0.2) is 0 Å². The highest BCUT2D eigenvalue weighted by Gasteiger charge is 2.03.